The number of nitriles is 5. The third kappa shape index (κ3) is 1.36. The molecule has 72 valence electrons. The molecule has 1 aliphatic rings. The number of rotatable bonds is 0. The number of hydrogen-bond acceptors (Lipinski definition) is 7. The smallest absolute Gasteiger partial charge is 0.205 e. The fourth-order valence-electron chi connectivity index (χ4n) is 1.06. The normalized spacial score (nSPS) is 13.8. The summed E-state index contributed by atoms with van der Waals surface area (Å²) in [5, 5.41) is 44.4. The summed E-state index contributed by atoms with van der Waals surface area (Å²) >= 11 is 0. The SMILES string of the molecule is N#CC1=C(C#N)C(C#N)=C(C#N)N(C#N)N1. The van der Waals surface area contributed by atoms with Crippen LogP contribution in [0.1, 0.15) is 0 Å². The average Bonchev–Trinajstić information content (AvgIpc) is 2.35. The van der Waals surface area contributed by atoms with E-state index in [-0.39, 0.29) is 22.5 Å². The molecule has 0 bridgehead atoms. The quantitative estimate of drug-likeness (QED) is 0.547. The zero-order valence-electron chi connectivity index (χ0n) is 7.68. The van der Waals surface area contributed by atoms with Crippen molar-refractivity contribution in [3.05, 3.63) is 22.5 Å². The molecule has 0 saturated heterocycles. The molecule has 0 aromatic carbocycles. The molecule has 7 nitrogen and oxygen atoms in total. The Morgan fingerprint density at radius 3 is 1.81 bits per heavy atom. The van der Waals surface area contributed by atoms with Crippen molar-refractivity contribution in [3.63, 3.8) is 0 Å². The van der Waals surface area contributed by atoms with E-state index in [4.69, 9.17) is 26.3 Å². The van der Waals surface area contributed by atoms with Crippen LogP contribution in [0.2, 0.25) is 0 Å². The maximum atomic E-state index is 8.80. The molecule has 0 fully saturated rings. The highest BCUT2D eigenvalue weighted by Gasteiger charge is 2.27. The summed E-state index contributed by atoms with van der Waals surface area (Å²) in [6.45, 7) is 0. The largest absolute Gasteiger partial charge is 0.273 e. The third-order valence-electron chi connectivity index (χ3n) is 1.73. The van der Waals surface area contributed by atoms with Gasteiger partial charge in [0, 0.05) is 0 Å². The van der Waals surface area contributed by atoms with Crippen LogP contribution < -0.4 is 5.43 Å². The van der Waals surface area contributed by atoms with Gasteiger partial charge in [-0.25, -0.2) is 0 Å². The highest BCUT2D eigenvalue weighted by molar-refractivity contribution is 5.61. The van der Waals surface area contributed by atoms with E-state index in [2.05, 4.69) is 5.43 Å². The first kappa shape index (κ1) is 10.6. The fraction of sp³-hybridized carbons (Fsp3) is 0. The van der Waals surface area contributed by atoms with Crippen LogP contribution in [0.15, 0.2) is 22.5 Å². The zero-order valence-corrected chi connectivity index (χ0v) is 7.68. The molecule has 0 radical (unpaired) electrons. The lowest BCUT2D eigenvalue weighted by molar-refractivity contribution is 0.406. The molecule has 0 unspecified atom stereocenters. The number of nitrogens with one attached hydrogen (secondary N) is 1. The van der Waals surface area contributed by atoms with Crippen molar-refractivity contribution in [1.82, 2.24) is 10.4 Å². The average molecular weight is 207 g/mol. The van der Waals surface area contributed by atoms with Gasteiger partial charge >= 0.3 is 0 Å². The van der Waals surface area contributed by atoms with Gasteiger partial charge in [0.15, 0.2) is 11.4 Å². The van der Waals surface area contributed by atoms with Crippen LogP contribution in [0, 0.1) is 56.8 Å². The molecule has 0 spiro atoms. The van der Waals surface area contributed by atoms with Gasteiger partial charge in [-0.3, -0.25) is 5.43 Å². The Morgan fingerprint density at radius 2 is 1.44 bits per heavy atom. The topological polar surface area (TPSA) is 134 Å². The molecule has 1 N–H and O–H groups in total. The maximum absolute atomic E-state index is 8.80. The first-order valence-electron chi connectivity index (χ1n) is 3.79. The van der Waals surface area contributed by atoms with Crippen molar-refractivity contribution in [2.24, 2.45) is 0 Å². The van der Waals surface area contributed by atoms with Gasteiger partial charge in [-0.15, -0.1) is 0 Å². The molecule has 0 atom stereocenters. The molecule has 16 heavy (non-hydrogen) atoms. The van der Waals surface area contributed by atoms with Crippen LogP contribution >= 0.6 is 0 Å². The lowest BCUT2D eigenvalue weighted by Gasteiger charge is -2.21. The molecule has 0 saturated carbocycles. The molecule has 1 heterocycles. The van der Waals surface area contributed by atoms with Crippen molar-refractivity contribution >= 4 is 0 Å². The van der Waals surface area contributed by atoms with Crippen molar-refractivity contribution in [3.8, 4) is 30.5 Å². The minimum Gasteiger partial charge on any atom is -0.273 e. The second-order valence-electron chi connectivity index (χ2n) is 2.47. The fourth-order valence-corrected chi connectivity index (χ4v) is 1.06. The Kier molecular flexibility index (Phi) is 2.76. The van der Waals surface area contributed by atoms with Gasteiger partial charge < -0.3 is 0 Å². The van der Waals surface area contributed by atoms with Gasteiger partial charge in [-0.1, -0.05) is 0 Å². The molecular formula is C9HN7. The van der Waals surface area contributed by atoms with Gasteiger partial charge in [-0.2, -0.15) is 31.3 Å². The number of hydrogen-bond donors (Lipinski definition) is 1. The second kappa shape index (κ2) is 4.16. The molecule has 1 rings (SSSR count). The van der Waals surface area contributed by atoms with Gasteiger partial charge in [0.1, 0.15) is 35.4 Å². The standard InChI is InChI=1S/C9HN7/c10-1-6-7(2-11)9(4-13)16(5-14)15-8(6)3-12/h15H. The zero-order chi connectivity index (χ0) is 12.1. The second-order valence-corrected chi connectivity index (χ2v) is 2.47. The van der Waals surface area contributed by atoms with Crippen molar-refractivity contribution < 1.29 is 0 Å². The highest BCUT2D eigenvalue weighted by atomic mass is 15.5. The Labute approximate surface area is 90.5 Å². The van der Waals surface area contributed by atoms with E-state index >= 15 is 0 Å². The van der Waals surface area contributed by atoms with Crippen molar-refractivity contribution in [2.75, 3.05) is 0 Å². The summed E-state index contributed by atoms with van der Waals surface area (Å²) in [6, 6.07) is 6.52. The van der Waals surface area contributed by atoms with E-state index in [1.807, 2.05) is 0 Å². The summed E-state index contributed by atoms with van der Waals surface area (Å²) in [6.07, 6.45) is 1.57. The van der Waals surface area contributed by atoms with E-state index < -0.39 is 0 Å². The Hall–Kier alpha value is -3.47. The monoisotopic (exact) mass is 207 g/mol. The van der Waals surface area contributed by atoms with E-state index in [0.717, 1.165) is 0 Å². The lowest BCUT2D eigenvalue weighted by Crippen LogP contribution is -2.36. The first-order valence-corrected chi connectivity index (χ1v) is 3.79. The van der Waals surface area contributed by atoms with Crippen LogP contribution in [0.4, 0.5) is 0 Å². The molecule has 7 heteroatoms. The lowest BCUT2D eigenvalue weighted by atomic mass is 10.0. The van der Waals surface area contributed by atoms with Crippen LogP contribution in [0.3, 0.4) is 0 Å². The number of hydrazine groups is 1. The van der Waals surface area contributed by atoms with Gasteiger partial charge in [-0.05, 0) is 0 Å². The first-order chi connectivity index (χ1) is 7.73. The van der Waals surface area contributed by atoms with Crippen LogP contribution in [-0.2, 0) is 0 Å². The Balaban J connectivity index is 3.59. The van der Waals surface area contributed by atoms with Crippen LogP contribution in [0.25, 0.3) is 0 Å². The summed E-state index contributed by atoms with van der Waals surface area (Å²) in [4.78, 5) is 0. The summed E-state index contributed by atoms with van der Waals surface area (Å²) in [7, 11) is 0. The maximum Gasteiger partial charge on any atom is 0.205 e. The molecule has 1 aliphatic heterocycles. The molecule has 0 aromatic heterocycles. The molecule has 0 amide bonds. The molecule has 0 aromatic rings. The predicted octanol–water partition coefficient (Wildman–Crippen LogP) is -0.110. The van der Waals surface area contributed by atoms with Gasteiger partial charge in [0.2, 0.25) is 6.19 Å². The minimum absolute atomic E-state index is 0.236. The molecule has 0 aliphatic carbocycles. The summed E-state index contributed by atoms with van der Waals surface area (Å²) < 4.78 is 0. The van der Waals surface area contributed by atoms with E-state index in [9.17, 15) is 0 Å². The summed E-state index contributed by atoms with van der Waals surface area (Å²) in [5.41, 5.74) is 1.18. The van der Waals surface area contributed by atoms with E-state index in [1.165, 1.54) is 0 Å². The number of allylic oxidation sites excluding steroid dienone is 4. The minimum atomic E-state index is -0.305. The van der Waals surface area contributed by atoms with Crippen LogP contribution in [0.5, 0.6) is 0 Å². The highest BCUT2D eigenvalue weighted by Crippen LogP contribution is 2.22. The van der Waals surface area contributed by atoms with Crippen molar-refractivity contribution in [2.45, 2.75) is 0 Å². The van der Waals surface area contributed by atoms with E-state index in [0.29, 0.717) is 5.01 Å². The Bertz CT molecular complexity index is 603. The summed E-state index contributed by atoms with van der Waals surface area (Å²) in [5.74, 6) is 0. The van der Waals surface area contributed by atoms with E-state index in [1.54, 1.807) is 30.5 Å². The van der Waals surface area contributed by atoms with Gasteiger partial charge in [0.05, 0.1) is 0 Å². The van der Waals surface area contributed by atoms with Crippen LogP contribution in [-0.4, -0.2) is 5.01 Å². The third-order valence-corrected chi connectivity index (χ3v) is 1.73. The van der Waals surface area contributed by atoms with Gasteiger partial charge in [0.25, 0.3) is 0 Å². The molecular weight excluding hydrogens is 206 g/mol. The Morgan fingerprint density at radius 1 is 0.812 bits per heavy atom. The predicted molar refractivity (Wildman–Crippen MR) is 47.1 cm³/mol. The van der Waals surface area contributed by atoms with Crippen molar-refractivity contribution in [1.29, 1.82) is 26.3 Å². The number of nitrogens with zero attached hydrogens (tertiary/aromatic N) is 6.